The molecule has 4 nitrogen and oxygen atoms in total. The average Bonchev–Trinajstić information content (AvgIpc) is 3.16. The molecule has 4 aromatic rings. The summed E-state index contributed by atoms with van der Waals surface area (Å²) < 4.78 is 5.33. The van der Waals surface area contributed by atoms with Gasteiger partial charge in [0.05, 0.1) is 13.2 Å². The summed E-state index contributed by atoms with van der Waals surface area (Å²) in [5.41, 5.74) is 5.05. The lowest BCUT2D eigenvalue weighted by Gasteiger charge is -2.36. The number of hydrogen-bond acceptors (Lipinski definition) is 2. The number of nitrogens with zero attached hydrogens (tertiary/aromatic N) is 1. The fraction of sp³-hybridized carbons (Fsp3) is 0.160. The molecule has 1 aliphatic heterocycles. The van der Waals surface area contributed by atoms with Crippen molar-refractivity contribution in [3.8, 4) is 5.75 Å². The van der Waals surface area contributed by atoms with Crippen molar-refractivity contribution in [3.05, 3.63) is 100 Å². The molecule has 3 aromatic carbocycles. The second-order valence-corrected chi connectivity index (χ2v) is 7.93. The molecule has 1 aliphatic rings. The van der Waals surface area contributed by atoms with Crippen LogP contribution in [0.2, 0.25) is 5.02 Å². The largest absolute Gasteiger partial charge is 0.497 e. The second-order valence-electron chi connectivity index (χ2n) is 7.50. The summed E-state index contributed by atoms with van der Waals surface area (Å²) >= 11 is 6.27. The van der Waals surface area contributed by atoms with Crippen LogP contribution in [0.25, 0.3) is 10.9 Å². The lowest BCUT2D eigenvalue weighted by atomic mass is 9.91. The van der Waals surface area contributed by atoms with Gasteiger partial charge in [0.1, 0.15) is 5.75 Å². The van der Waals surface area contributed by atoms with E-state index in [4.69, 9.17) is 16.3 Å². The molecule has 2 heterocycles. The van der Waals surface area contributed by atoms with Crippen LogP contribution in [0, 0.1) is 0 Å². The van der Waals surface area contributed by atoms with Crippen molar-refractivity contribution < 1.29 is 9.53 Å². The van der Waals surface area contributed by atoms with Crippen LogP contribution in [0.1, 0.15) is 33.2 Å². The van der Waals surface area contributed by atoms with Gasteiger partial charge in [-0.2, -0.15) is 0 Å². The smallest absolute Gasteiger partial charge is 0.254 e. The molecule has 1 atom stereocenters. The summed E-state index contributed by atoms with van der Waals surface area (Å²) in [6.45, 7) is 0.636. The minimum atomic E-state index is -0.210. The lowest BCUT2D eigenvalue weighted by Crippen LogP contribution is -2.40. The molecule has 0 radical (unpaired) electrons. The average molecular weight is 417 g/mol. The van der Waals surface area contributed by atoms with E-state index >= 15 is 0 Å². The Morgan fingerprint density at radius 1 is 1.07 bits per heavy atom. The van der Waals surface area contributed by atoms with Crippen LogP contribution in [0.3, 0.4) is 0 Å². The van der Waals surface area contributed by atoms with Crippen molar-refractivity contribution in [2.24, 2.45) is 0 Å². The van der Waals surface area contributed by atoms with E-state index in [0.717, 1.165) is 34.3 Å². The molecule has 1 aromatic heterocycles. The molecule has 5 heteroatoms. The van der Waals surface area contributed by atoms with Gasteiger partial charge in [0.15, 0.2) is 0 Å². The first kappa shape index (κ1) is 18.8. The number of ether oxygens (including phenoxy) is 1. The zero-order valence-electron chi connectivity index (χ0n) is 16.6. The highest BCUT2D eigenvalue weighted by molar-refractivity contribution is 6.31. The Morgan fingerprint density at radius 3 is 2.57 bits per heavy atom. The molecule has 1 amide bonds. The number of amides is 1. The maximum Gasteiger partial charge on any atom is 0.254 e. The minimum absolute atomic E-state index is 0.0266. The Balaban J connectivity index is 1.66. The molecule has 0 fully saturated rings. The summed E-state index contributed by atoms with van der Waals surface area (Å²) in [4.78, 5) is 19.0. The normalized spacial score (nSPS) is 15.8. The predicted molar refractivity (Wildman–Crippen MR) is 119 cm³/mol. The predicted octanol–water partition coefficient (Wildman–Crippen LogP) is 5.62. The molecule has 0 saturated carbocycles. The number of carbonyl (C=O) groups is 1. The van der Waals surface area contributed by atoms with Crippen LogP contribution in [0.5, 0.6) is 5.75 Å². The number of H-pyrrole nitrogens is 1. The summed E-state index contributed by atoms with van der Waals surface area (Å²) in [5, 5.41) is 1.84. The summed E-state index contributed by atoms with van der Waals surface area (Å²) in [7, 11) is 1.65. The number of rotatable bonds is 3. The molecule has 0 bridgehead atoms. The summed E-state index contributed by atoms with van der Waals surface area (Å²) in [5.74, 6) is 0.818. The van der Waals surface area contributed by atoms with Crippen LogP contribution >= 0.6 is 11.6 Å². The fourth-order valence-corrected chi connectivity index (χ4v) is 4.53. The molecule has 150 valence electrons. The number of carbonyl (C=O) groups excluding carboxylic acids is 1. The second kappa shape index (κ2) is 7.54. The number of hydrogen-bond donors (Lipinski definition) is 1. The van der Waals surface area contributed by atoms with Gasteiger partial charge in [-0.05, 0) is 60.0 Å². The van der Waals surface area contributed by atoms with E-state index in [9.17, 15) is 4.79 Å². The summed E-state index contributed by atoms with van der Waals surface area (Å²) in [6, 6.07) is 23.1. The Bertz CT molecular complexity index is 1220. The van der Waals surface area contributed by atoms with Gasteiger partial charge in [-0.1, -0.05) is 41.9 Å². The van der Waals surface area contributed by atoms with Gasteiger partial charge in [-0.3, -0.25) is 4.79 Å². The van der Waals surface area contributed by atoms with Crippen molar-refractivity contribution >= 4 is 28.4 Å². The fourth-order valence-electron chi connectivity index (χ4n) is 4.36. The van der Waals surface area contributed by atoms with E-state index < -0.39 is 0 Å². The Labute approximate surface area is 180 Å². The van der Waals surface area contributed by atoms with Crippen molar-refractivity contribution in [1.29, 1.82) is 0 Å². The van der Waals surface area contributed by atoms with E-state index in [1.54, 1.807) is 7.11 Å². The molecule has 0 saturated heterocycles. The topological polar surface area (TPSA) is 45.3 Å². The van der Waals surface area contributed by atoms with E-state index in [2.05, 4.69) is 4.98 Å². The molecule has 1 N–H and O–H groups in total. The number of fused-ring (bicyclic) bond motifs is 3. The van der Waals surface area contributed by atoms with Crippen LogP contribution < -0.4 is 4.74 Å². The number of halogens is 1. The third-order valence-corrected chi connectivity index (χ3v) is 6.04. The minimum Gasteiger partial charge on any atom is -0.497 e. The van der Waals surface area contributed by atoms with E-state index in [1.807, 2.05) is 77.7 Å². The van der Waals surface area contributed by atoms with Gasteiger partial charge < -0.3 is 14.6 Å². The first-order chi connectivity index (χ1) is 14.7. The first-order valence-corrected chi connectivity index (χ1v) is 10.3. The van der Waals surface area contributed by atoms with Crippen LogP contribution in [0.4, 0.5) is 0 Å². The van der Waals surface area contributed by atoms with Crippen LogP contribution in [0.15, 0.2) is 72.8 Å². The zero-order chi connectivity index (χ0) is 20.7. The highest BCUT2D eigenvalue weighted by Gasteiger charge is 2.35. The maximum atomic E-state index is 13.5. The van der Waals surface area contributed by atoms with Gasteiger partial charge in [0.25, 0.3) is 5.91 Å². The summed E-state index contributed by atoms with van der Waals surface area (Å²) in [6.07, 6.45) is 0.779. The maximum absolute atomic E-state index is 13.5. The highest BCUT2D eigenvalue weighted by Crippen LogP contribution is 2.40. The van der Waals surface area contributed by atoms with Crippen molar-refractivity contribution in [2.45, 2.75) is 12.5 Å². The third kappa shape index (κ3) is 3.14. The number of benzene rings is 3. The quantitative estimate of drug-likeness (QED) is 0.471. The molecular weight excluding hydrogens is 396 g/mol. The van der Waals surface area contributed by atoms with Gasteiger partial charge in [-0.25, -0.2) is 0 Å². The molecule has 30 heavy (non-hydrogen) atoms. The Kier molecular flexibility index (Phi) is 4.72. The highest BCUT2D eigenvalue weighted by atomic mass is 35.5. The van der Waals surface area contributed by atoms with E-state index in [1.165, 1.54) is 5.56 Å². The molecular formula is C25H21ClN2O2. The van der Waals surface area contributed by atoms with Gasteiger partial charge in [0.2, 0.25) is 0 Å². The zero-order valence-corrected chi connectivity index (χ0v) is 17.3. The number of nitrogens with one attached hydrogen (secondary N) is 1. The van der Waals surface area contributed by atoms with Crippen molar-refractivity contribution in [3.63, 3.8) is 0 Å². The first-order valence-electron chi connectivity index (χ1n) is 9.95. The van der Waals surface area contributed by atoms with Crippen molar-refractivity contribution in [2.75, 3.05) is 13.7 Å². The van der Waals surface area contributed by atoms with E-state index in [0.29, 0.717) is 17.1 Å². The lowest BCUT2D eigenvalue weighted by molar-refractivity contribution is 0.0692. The van der Waals surface area contributed by atoms with Gasteiger partial charge in [-0.15, -0.1) is 0 Å². The molecule has 0 spiro atoms. The monoisotopic (exact) mass is 416 g/mol. The Morgan fingerprint density at radius 2 is 1.83 bits per heavy atom. The standard InChI is InChI=1S/C25H21ClN2O2/c1-30-19-10-7-16(8-11-19)24-23-20(21-15-18(26)9-12-22(21)27-23)13-14-28(24)25(29)17-5-3-2-4-6-17/h2-12,15,24,27H,13-14H2,1H3. The van der Waals surface area contributed by atoms with Gasteiger partial charge >= 0.3 is 0 Å². The third-order valence-electron chi connectivity index (χ3n) is 5.80. The molecule has 5 rings (SSSR count). The number of aromatic nitrogens is 1. The van der Waals surface area contributed by atoms with E-state index in [-0.39, 0.29) is 11.9 Å². The number of methoxy groups -OCH3 is 1. The SMILES string of the molecule is COc1ccc(C2c3[nH]c4ccc(Cl)cc4c3CCN2C(=O)c2ccccc2)cc1. The molecule has 0 aliphatic carbocycles. The number of aromatic amines is 1. The van der Waals surface area contributed by atoms with Crippen molar-refractivity contribution in [1.82, 2.24) is 9.88 Å². The Hall–Kier alpha value is -3.24. The molecule has 1 unspecified atom stereocenters. The van der Waals surface area contributed by atoms with Crippen LogP contribution in [-0.4, -0.2) is 29.4 Å². The van der Waals surface area contributed by atoms with Crippen LogP contribution in [-0.2, 0) is 6.42 Å². The van der Waals surface area contributed by atoms with Gasteiger partial charge in [0, 0.05) is 33.7 Å².